The molecule has 0 bridgehead atoms. The number of thioether (sulfide) groups is 1. The molecular weight excluding hydrogens is 528 g/mol. The molecule has 0 spiro atoms. The normalized spacial score (nSPS) is 15.9. The summed E-state index contributed by atoms with van der Waals surface area (Å²) in [5.74, 6) is 1.24. The van der Waals surface area contributed by atoms with E-state index in [1.54, 1.807) is 41.3 Å². The van der Waals surface area contributed by atoms with Crippen LogP contribution in [0.3, 0.4) is 0 Å². The van der Waals surface area contributed by atoms with Crippen LogP contribution in [0.25, 0.3) is 11.4 Å². The molecule has 1 aromatic heterocycles. The van der Waals surface area contributed by atoms with E-state index in [0.717, 1.165) is 35.1 Å². The molecule has 2 saturated heterocycles. The van der Waals surface area contributed by atoms with Gasteiger partial charge in [0.25, 0.3) is 5.91 Å². The summed E-state index contributed by atoms with van der Waals surface area (Å²) < 4.78 is 10.6. The number of morpholine rings is 2. The fourth-order valence-corrected chi connectivity index (χ4v) is 5.19. The number of amides is 3. The van der Waals surface area contributed by atoms with Crippen molar-refractivity contribution in [3.8, 4) is 11.4 Å². The SMILES string of the molecule is CSc1c(Cl)nc(-c2ccc(NC(=O)Nc3ccc(N4CCOCC4=O)cc3)cc2)nc1N1CCOCC1. The van der Waals surface area contributed by atoms with E-state index in [-0.39, 0.29) is 18.5 Å². The molecule has 3 heterocycles. The lowest BCUT2D eigenvalue weighted by atomic mass is 10.2. The van der Waals surface area contributed by atoms with Gasteiger partial charge in [-0.25, -0.2) is 14.8 Å². The highest BCUT2D eigenvalue weighted by Gasteiger charge is 2.22. The molecule has 10 nitrogen and oxygen atoms in total. The fourth-order valence-electron chi connectivity index (χ4n) is 4.22. The number of halogens is 1. The zero-order valence-corrected chi connectivity index (χ0v) is 22.3. The molecule has 2 aromatic carbocycles. The molecule has 2 aliphatic rings. The van der Waals surface area contributed by atoms with Gasteiger partial charge in [-0.2, -0.15) is 0 Å². The third-order valence-electron chi connectivity index (χ3n) is 6.14. The average Bonchev–Trinajstić information content (AvgIpc) is 2.94. The van der Waals surface area contributed by atoms with Crippen LogP contribution in [0.15, 0.2) is 53.4 Å². The van der Waals surface area contributed by atoms with E-state index in [9.17, 15) is 9.59 Å². The predicted octanol–water partition coefficient (Wildman–Crippen LogP) is 4.36. The maximum absolute atomic E-state index is 12.5. The van der Waals surface area contributed by atoms with Crippen molar-refractivity contribution in [3.63, 3.8) is 0 Å². The number of aromatic nitrogens is 2. The smallest absolute Gasteiger partial charge is 0.323 e. The first kappa shape index (κ1) is 26.2. The Hall–Kier alpha value is -3.38. The van der Waals surface area contributed by atoms with Crippen LogP contribution in [-0.4, -0.2) is 74.2 Å². The molecule has 0 unspecified atom stereocenters. The molecule has 3 aromatic rings. The standard InChI is InChI=1S/C26H27ClN6O4S/c1-38-22-23(27)30-24(31-25(22)32-10-13-36-14-11-32)17-2-4-18(5-3-17)28-26(35)29-19-6-8-20(9-7-19)33-12-15-37-16-21(33)34/h2-9H,10-16H2,1H3,(H2,28,29,35). The Morgan fingerprint density at radius 3 is 2.18 bits per heavy atom. The van der Waals surface area contributed by atoms with Gasteiger partial charge in [0.15, 0.2) is 5.82 Å². The molecule has 198 valence electrons. The number of urea groups is 1. The van der Waals surface area contributed by atoms with Gasteiger partial charge in [-0.1, -0.05) is 11.6 Å². The summed E-state index contributed by atoms with van der Waals surface area (Å²) in [6.45, 7) is 3.87. The third-order valence-corrected chi connectivity index (χ3v) is 7.31. The van der Waals surface area contributed by atoms with Crippen molar-refractivity contribution in [2.45, 2.75) is 4.90 Å². The number of carbonyl (C=O) groups is 2. The fraction of sp³-hybridized carbons (Fsp3) is 0.308. The molecule has 2 aliphatic heterocycles. The molecule has 0 saturated carbocycles. The first-order chi connectivity index (χ1) is 18.5. The molecule has 2 fully saturated rings. The van der Waals surface area contributed by atoms with E-state index in [1.165, 1.54) is 11.8 Å². The second kappa shape index (κ2) is 12.0. The molecule has 3 amide bonds. The number of rotatable bonds is 6. The van der Waals surface area contributed by atoms with Crippen molar-refractivity contribution >= 4 is 58.2 Å². The van der Waals surface area contributed by atoms with E-state index < -0.39 is 0 Å². The van der Waals surface area contributed by atoms with Crippen molar-refractivity contribution in [1.29, 1.82) is 0 Å². The van der Waals surface area contributed by atoms with Gasteiger partial charge < -0.3 is 29.9 Å². The maximum atomic E-state index is 12.5. The number of carbonyl (C=O) groups excluding carboxylic acids is 2. The molecular formula is C26H27ClN6O4S. The van der Waals surface area contributed by atoms with Gasteiger partial charge in [-0.3, -0.25) is 4.79 Å². The topological polar surface area (TPSA) is 109 Å². The Labute approximate surface area is 229 Å². The van der Waals surface area contributed by atoms with Crippen LogP contribution in [0.5, 0.6) is 0 Å². The molecule has 2 N–H and O–H groups in total. The van der Waals surface area contributed by atoms with E-state index in [4.69, 9.17) is 26.1 Å². The van der Waals surface area contributed by atoms with Gasteiger partial charge in [-0.15, -0.1) is 11.8 Å². The van der Waals surface area contributed by atoms with Crippen LogP contribution in [0.2, 0.25) is 5.15 Å². The Bertz CT molecular complexity index is 1300. The predicted molar refractivity (Wildman–Crippen MR) is 150 cm³/mol. The molecule has 5 rings (SSSR count). The molecule has 12 heteroatoms. The Balaban J connectivity index is 1.24. The van der Waals surface area contributed by atoms with Gasteiger partial charge in [0.1, 0.15) is 17.6 Å². The Kier molecular flexibility index (Phi) is 8.28. The van der Waals surface area contributed by atoms with Crippen LogP contribution in [0.1, 0.15) is 0 Å². The number of ether oxygens (including phenoxy) is 2. The van der Waals surface area contributed by atoms with Crippen molar-refractivity contribution in [3.05, 3.63) is 53.7 Å². The molecule has 0 radical (unpaired) electrons. The zero-order valence-electron chi connectivity index (χ0n) is 20.8. The van der Waals surface area contributed by atoms with Crippen molar-refractivity contribution in [2.75, 3.05) is 72.8 Å². The summed E-state index contributed by atoms with van der Waals surface area (Å²) >= 11 is 8.04. The maximum Gasteiger partial charge on any atom is 0.323 e. The molecule has 38 heavy (non-hydrogen) atoms. The van der Waals surface area contributed by atoms with Crippen molar-refractivity contribution in [2.24, 2.45) is 0 Å². The van der Waals surface area contributed by atoms with Gasteiger partial charge in [0.2, 0.25) is 0 Å². The lowest BCUT2D eigenvalue weighted by molar-refractivity contribution is -0.125. The minimum atomic E-state index is -0.383. The number of anilines is 4. The first-order valence-corrected chi connectivity index (χ1v) is 13.7. The second-order valence-electron chi connectivity index (χ2n) is 8.60. The van der Waals surface area contributed by atoms with E-state index in [1.807, 2.05) is 18.4 Å². The quantitative estimate of drug-likeness (QED) is 0.342. The summed E-state index contributed by atoms with van der Waals surface area (Å²) in [6, 6.07) is 14.0. The highest BCUT2D eigenvalue weighted by atomic mass is 35.5. The minimum Gasteiger partial charge on any atom is -0.378 e. The van der Waals surface area contributed by atoms with E-state index in [2.05, 4.69) is 20.5 Å². The summed E-state index contributed by atoms with van der Waals surface area (Å²) in [4.78, 5) is 38.6. The van der Waals surface area contributed by atoms with E-state index >= 15 is 0 Å². The van der Waals surface area contributed by atoms with Crippen LogP contribution < -0.4 is 20.4 Å². The van der Waals surface area contributed by atoms with Gasteiger partial charge in [0.05, 0.1) is 24.7 Å². The van der Waals surface area contributed by atoms with Crippen LogP contribution >= 0.6 is 23.4 Å². The Morgan fingerprint density at radius 1 is 0.921 bits per heavy atom. The van der Waals surface area contributed by atoms with Crippen molar-refractivity contribution in [1.82, 2.24) is 9.97 Å². The van der Waals surface area contributed by atoms with Gasteiger partial charge >= 0.3 is 6.03 Å². The second-order valence-corrected chi connectivity index (χ2v) is 9.77. The van der Waals surface area contributed by atoms with E-state index in [0.29, 0.717) is 48.7 Å². The Morgan fingerprint density at radius 2 is 1.55 bits per heavy atom. The van der Waals surface area contributed by atoms with Gasteiger partial charge in [0, 0.05) is 42.3 Å². The highest BCUT2D eigenvalue weighted by Crippen LogP contribution is 2.35. The molecule has 0 aliphatic carbocycles. The molecule has 0 atom stereocenters. The minimum absolute atomic E-state index is 0.0802. The number of hydrogen-bond acceptors (Lipinski definition) is 8. The average molecular weight is 555 g/mol. The highest BCUT2D eigenvalue weighted by molar-refractivity contribution is 7.98. The zero-order chi connectivity index (χ0) is 26.5. The van der Waals surface area contributed by atoms with Gasteiger partial charge in [-0.05, 0) is 54.8 Å². The summed E-state index contributed by atoms with van der Waals surface area (Å²) in [5.41, 5.74) is 2.77. The number of nitrogens with one attached hydrogen (secondary N) is 2. The lowest BCUT2D eigenvalue weighted by Gasteiger charge is -2.29. The monoisotopic (exact) mass is 554 g/mol. The summed E-state index contributed by atoms with van der Waals surface area (Å²) in [7, 11) is 0. The number of nitrogens with zero attached hydrogens (tertiary/aromatic N) is 4. The van der Waals surface area contributed by atoms with Crippen LogP contribution in [-0.2, 0) is 14.3 Å². The lowest BCUT2D eigenvalue weighted by Crippen LogP contribution is -2.41. The largest absolute Gasteiger partial charge is 0.378 e. The number of hydrogen-bond donors (Lipinski definition) is 2. The summed E-state index contributed by atoms with van der Waals surface area (Å²) in [5, 5.41) is 6.04. The summed E-state index contributed by atoms with van der Waals surface area (Å²) in [6.07, 6.45) is 1.96. The third kappa shape index (κ3) is 6.02. The first-order valence-electron chi connectivity index (χ1n) is 12.1. The number of benzene rings is 2. The van der Waals surface area contributed by atoms with Crippen LogP contribution in [0, 0.1) is 0 Å². The van der Waals surface area contributed by atoms with Crippen molar-refractivity contribution < 1.29 is 19.1 Å². The van der Waals surface area contributed by atoms with Crippen LogP contribution in [0.4, 0.5) is 27.7 Å².